The molecule has 4 N–H and O–H groups in total. The van der Waals surface area contributed by atoms with Gasteiger partial charge in [0.05, 0.1) is 20.8 Å². The molecule has 19 heavy (non-hydrogen) atoms. The molecule has 0 aromatic heterocycles. The van der Waals surface area contributed by atoms with Crippen LogP contribution >= 0.6 is 0 Å². The van der Waals surface area contributed by atoms with E-state index in [1.54, 1.807) is 26.4 Å². The number of hydrogen-bond donors (Lipinski definition) is 3. The predicted octanol–water partition coefficient (Wildman–Crippen LogP) is -0.0117. The summed E-state index contributed by atoms with van der Waals surface area (Å²) < 4.78 is 10.3. The fraction of sp³-hybridized carbons (Fsp3) is 0.333. The normalized spacial score (nSPS) is 9.79. The third-order valence-corrected chi connectivity index (χ3v) is 2.36. The number of ether oxygens (including phenoxy) is 2. The highest BCUT2D eigenvalue weighted by molar-refractivity contribution is 5.94. The van der Waals surface area contributed by atoms with Crippen LogP contribution in [0.25, 0.3) is 0 Å². The van der Waals surface area contributed by atoms with Gasteiger partial charge in [0.1, 0.15) is 11.5 Å². The van der Waals surface area contributed by atoms with Crippen molar-refractivity contribution in [2.75, 3.05) is 20.8 Å². The third kappa shape index (κ3) is 4.84. The zero-order valence-electron chi connectivity index (χ0n) is 10.9. The van der Waals surface area contributed by atoms with Crippen molar-refractivity contribution in [1.29, 1.82) is 0 Å². The van der Waals surface area contributed by atoms with Gasteiger partial charge in [0.2, 0.25) is 5.91 Å². The molecule has 7 heteroatoms. The van der Waals surface area contributed by atoms with E-state index in [0.29, 0.717) is 18.0 Å². The Morgan fingerprint density at radius 1 is 1.26 bits per heavy atom. The highest BCUT2D eigenvalue weighted by Crippen LogP contribution is 2.24. The lowest BCUT2D eigenvalue weighted by molar-refractivity contribution is -0.119. The molecule has 0 heterocycles. The van der Waals surface area contributed by atoms with Gasteiger partial charge in [-0.25, -0.2) is 4.79 Å². The van der Waals surface area contributed by atoms with E-state index >= 15 is 0 Å². The first kappa shape index (κ1) is 14.8. The summed E-state index contributed by atoms with van der Waals surface area (Å²) in [6.07, 6.45) is 0. The van der Waals surface area contributed by atoms with Gasteiger partial charge >= 0.3 is 6.03 Å². The van der Waals surface area contributed by atoms with E-state index in [0.717, 1.165) is 5.56 Å². The Morgan fingerprint density at radius 3 is 2.58 bits per heavy atom. The summed E-state index contributed by atoms with van der Waals surface area (Å²) >= 11 is 0. The second-order valence-electron chi connectivity index (χ2n) is 3.69. The summed E-state index contributed by atoms with van der Waals surface area (Å²) in [6, 6.07) is 4.51. The first-order chi connectivity index (χ1) is 9.06. The van der Waals surface area contributed by atoms with Gasteiger partial charge in [0.15, 0.2) is 0 Å². The maximum absolute atomic E-state index is 11.2. The van der Waals surface area contributed by atoms with Gasteiger partial charge in [0, 0.05) is 18.2 Å². The number of benzene rings is 1. The van der Waals surface area contributed by atoms with Crippen molar-refractivity contribution in [3.63, 3.8) is 0 Å². The number of urea groups is 1. The monoisotopic (exact) mass is 267 g/mol. The lowest BCUT2D eigenvalue weighted by Gasteiger charge is -2.11. The van der Waals surface area contributed by atoms with E-state index < -0.39 is 11.9 Å². The lowest BCUT2D eigenvalue weighted by atomic mass is 10.2. The van der Waals surface area contributed by atoms with E-state index in [9.17, 15) is 9.59 Å². The van der Waals surface area contributed by atoms with Gasteiger partial charge in [-0.1, -0.05) is 6.07 Å². The van der Waals surface area contributed by atoms with Crippen LogP contribution < -0.4 is 25.8 Å². The van der Waals surface area contributed by atoms with Gasteiger partial charge < -0.3 is 20.5 Å². The molecule has 1 rings (SSSR count). The molecule has 0 unspecified atom stereocenters. The molecule has 0 saturated heterocycles. The number of primary amides is 1. The van der Waals surface area contributed by atoms with E-state index in [-0.39, 0.29) is 6.54 Å². The Kier molecular flexibility index (Phi) is 5.62. The van der Waals surface area contributed by atoms with Crippen LogP contribution in [0, 0.1) is 0 Å². The Balaban J connectivity index is 2.53. The SMILES string of the molecule is COc1ccc(CNCC(=O)NC(N)=O)c(OC)c1. The molecule has 0 spiro atoms. The Hall–Kier alpha value is -2.28. The minimum Gasteiger partial charge on any atom is -0.497 e. The molecule has 0 fully saturated rings. The standard InChI is InChI=1S/C12H17N3O4/c1-18-9-4-3-8(10(5-9)19-2)6-14-7-11(16)15-12(13)17/h3-5,14H,6-7H2,1-2H3,(H3,13,15,16,17). The van der Waals surface area contributed by atoms with Crippen LogP contribution in [0.15, 0.2) is 18.2 Å². The number of amides is 3. The van der Waals surface area contributed by atoms with Crippen LogP contribution in [0.3, 0.4) is 0 Å². The van der Waals surface area contributed by atoms with Gasteiger partial charge in [-0.15, -0.1) is 0 Å². The van der Waals surface area contributed by atoms with Crippen molar-refractivity contribution in [1.82, 2.24) is 10.6 Å². The number of imide groups is 1. The second-order valence-corrected chi connectivity index (χ2v) is 3.69. The maximum atomic E-state index is 11.2. The maximum Gasteiger partial charge on any atom is 0.318 e. The van der Waals surface area contributed by atoms with E-state index in [2.05, 4.69) is 5.32 Å². The van der Waals surface area contributed by atoms with Gasteiger partial charge in [-0.3, -0.25) is 10.1 Å². The predicted molar refractivity (Wildman–Crippen MR) is 69.0 cm³/mol. The van der Waals surface area contributed by atoms with Crippen molar-refractivity contribution in [3.8, 4) is 11.5 Å². The molecule has 3 amide bonds. The summed E-state index contributed by atoms with van der Waals surface area (Å²) in [5, 5.41) is 4.84. The molecule has 0 radical (unpaired) electrons. The van der Waals surface area contributed by atoms with Crippen LogP contribution in [0.4, 0.5) is 4.79 Å². The largest absolute Gasteiger partial charge is 0.497 e. The van der Waals surface area contributed by atoms with Gasteiger partial charge in [-0.2, -0.15) is 0 Å². The first-order valence-electron chi connectivity index (χ1n) is 5.57. The van der Waals surface area contributed by atoms with Crippen LogP contribution in [0.2, 0.25) is 0 Å². The zero-order chi connectivity index (χ0) is 14.3. The Bertz CT molecular complexity index is 462. The average molecular weight is 267 g/mol. The number of rotatable bonds is 6. The smallest absolute Gasteiger partial charge is 0.318 e. The fourth-order valence-corrected chi connectivity index (χ4v) is 1.49. The first-order valence-corrected chi connectivity index (χ1v) is 5.57. The van der Waals surface area contributed by atoms with Crippen molar-refractivity contribution in [2.45, 2.75) is 6.54 Å². The number of nitrogens with two attached hydrogens (primary N) is 1. The molecule has 104 valence electrons. The quantitative estimate of drug-likeness (QED) is 0.672. The van der Waals surface area contributed by atoms with Crippen molar-refractivity contribution >= 4 is 11.9 Å². The molecule has 1 aromatic carbocycles. The van der Waals surface area contributed by atoms with Crippen molar-refractivity contribution in [3.05, 3.63) is 23.8 Å². The molecule has 7 nitrogen and oxygen atoms in total. The van der Waals surface area contributed by atoms with Crippen LogP contribution in [-0.2, 0) is 11.3 Å². The number of carbonyl (C=O) groups is 2. The topological polar surface area (TPSA) is 103 Å². The molecule has 0 aliphatic carbocycles. The number of hydrogen-bond acceptors (Lipinski definition) is 5. The summed E-state index contributed by atoms with van der Waals surface area (Å²) in [7, 11) is 3.12. The van der Waals surface area contributed by atoms with Crippen LogP contribution in [-0.4, -0.2) is 32.7 Å². The average Bonchev–Trinajstić information content (AvgIpc) is 2.38. The molecule has 1 aromatic rings. The highest BCUT2D eigenvalue weighted by atomic mass is 16.5. The van der Waals surface area contributed by atoms with Crippen LogP contribution in [0.5, 0.6) is 11.5 Å². The number of methoxy groups -OCH3 is 2. The Labute approximate surface area is 111 Å². The molecular weight excluding hydrogens is 250 g/mol. The number of nitrogens with one attached hydrogen (secondary N) is 2. The fourth-order valence-electron chi connectivity index (χ4n) is 1.49. The summed E-state index contributed by atoms with van der Waals surface area (Å²) in [5.74, 6) is 0.856. The third-order valence-electron chi connectivity index (χ3n) is 2.36. The molecule has 0 bridgehead atoms. The van der Waals surface area contributed by atoms with E-state index in [4.69, 9.17) is 15.2 Å². The van der Waals surface area contributed by atoms with Gasteiger partial charge in [0.25, 0.3) is 0 Å². The molecule has 0 aliphatic heterocycles. The van der Waals surface area contributed by atoms with Crippen molar-refractivity contribution in [2.24, 2.45) is 5.73 Å². The summed E-state index contributed by atoms with van der Waals surface area (Å²) in [6.45, 7) is 0.400. The Morgan fingerprint density at radius 2 is 2.00 bits per heavy atom. The second kappa shape index (κ2) is 7.22. The van der Waals surface area contributed by atoms with Gasteiger partial charge in [-0.05, 0) is 6.07 Å². The van der Waals surface area contributed by atoms with Crippen molar-refractivity contribution < 1.29 is 19.1 Å². The summed E-state index contributed by atoms with van der Waals surface area (Å²) in [5.41, 5.74) is 5.69. The lowest BCUT2D eigenvalue weighted by Crippen LogP contribution is -2.40. The highest BCUT2D eigenvalue weighted by Gasteiger charge is 2.07. The minimum atomic E-state index is -0.867. The van der Waals surface area contributed by atoms with E-state index in [1.165, 1.54) is 0 Å². The molecular formula is C12H17N3O4. The molecule has 0 aliphatic rings. The minimum absolute atomic E-state index is 0.0158. The zero-order valence-corrected chi connectivity index (χ0v) is 10.9. The van der Waals surface area contributed by atoms with E-state index in [1.807, 2.05) is 11.4 Å². The van der Waals surface area contributed by atoms with Crippen LogP contribution in [0.1, 0.15) is 5.56 Å². The number of carbonyl (C=O) groups excluding carboxylic acids is 2. The molecule has 0 saturated carbocycles. The molecule has 0 atom stereocenters. The summed E-state index contributed by atoms with van der Waals surface area (Å²) in [4.78, 5) is 21.6.